The molecule has 0 aliphatic rings. The molecule has 0 spiro atoms. The molecule has 3 rings (SSSR count). The van der Waals surface area contributed by atoms with E-state index in [1.165, 1.54) is 29.3 Å². The quantitative estimate of drug-likeness (QED) is 0.752. The summed E-state index contributed by atoms with van der Waals surface area (Å²) < 4.78 is 13.4. The molecule has 0 radical (unpaired) electrons. The van der Waals surface area contributed by atoms with E-state index in [1.807, 2.05) is 0 Å². The van der Waals surface area contributed by atoms with E-state index in [0.717, 1.165) is 6.07 Å². The van der Waals surface area contributed by atoms with Gasteiger partial charge in [-0.1, -0.05) is 11.6 Å². The van der Waals surface area contributed by atoms with Crippen LogP contribution < -0.4 is 4.90 Å². The fourth-order valence-electron chi connectivity index (χ4n) is 2.32. The van der Waals surface area contributed by atoms with Crippen molar-refractivity contribution in [2.45, 2.75) is 0 Å². The number of hydrogen-bond acceptors (Lipinski definition) is 5. The van der Waals surface area contributed by atoms with E-state index in [-0.39, 0.29) is 10.9 Å². The first-order valence-corrected chi connectivity index (χ1v) is 7.22. The van der Waals surface area contributed by atoms with Crippen LogP contribution in [0.15, 0.2) is 42.6 Å². The molecule has 0 aliphatic carbocycles. The zero-order valence-electron chi connectivity index (χ0n) is 12.1. The lowest BCUT2D eigenvalue weighted by atomic mass is 10.2. The van der Waals surface area contributed by atoms with E-state index in [1.54, 1.807) is 12.1 Å². The lowest BCUT2D eigenvalue weighted by Crippen LogP contribution is -2.25. The van der Waals surface area contributed by atoms with Gasteiger partial charge < -0.3 is 15.1 Å². The Morgan fingerprint density at radius 3 is 2.75 bits per heavy atom. The standard InChI is InChI=1S/C16H11ClFN3O3/c17-10-7-9(1-2-11(10)18)21(8-15(23)24)13-5-6-19-12-3-4-14(22)20-16(12)13/h1-7H,8H2,(H,20,22)(H,23,24). The lowest BCUT2D eigenvalue weighted by molar-refractivity contribution is -0.135. The van der Waals surface area contributed by atoms with Crippen LogP contribution in [0, 0.1) is 5.82 Å². The third-order valence-corrected chi connectivity index (χ3v) is 3.64. The van der Waals surface area contributed by atoms with Crippen molar-refractivity contribution in [1.29, 1.82) is 0 Å². The molecule has 0 saturated carbocycles. The fraction of sp³-hybridized carbons (Fsp3) is 0.0625. The van der Waals surface area contributed by atoms with Crippen molar-refractivity contribution in [2.75, 3.05) is 11.4 Å². The minimum atomic E-state index is -1.10. The van der Waals surface area contributed by atoms with Gasteiger partial charge in [0, 0.05) is 18.0 Å². The molecule has 0 fully saturated rings. The van der Waals surface area contributed by atoms with E-state index in [2.05, 4.69) is 9.97 Å². The molecular formula is C16H11ClFN3O3. The first kappa shape index (κ1) is 15.9. The molecule has 3 aromatic rings. The number of benzene rings is 1. The van der Waals surface area contributed by atoms with E-state index >= 15 is 0 Å². The molecule has 0 saturated heterocycles. The van der Waals surface area contributed by atoms with E-state index < -0.39 is 18.3 Å². The summed E-state index contributed by atoms with van der Waals surface area (Å²) in [7, 11) is 0. The Morgan fingerprint density at radius 1 is 1.25 bits per heavy atom. The molecular weight excluding hydrogens is 337 g/mol. The van der Waals surface area contributed by atoms with Gasteiger partial charge >= 0.3 is 5.97 Å². The second kappa shape index (κ2) is 6.29. The molecule has 8 heteroatoms. The average molecular weight is 348 g/mol. The highest BCUT2D eigenvalue weighted by molar-refractivity contribution is 6.31. The Balaban J connectivity index is 2.21. The van der Waals surface area contributed by atoms with Gasteiger partial charge in [0.2, 0.25) is 5.88 Å². The molecule has 2 heterocycles. The molecule has 0 unspecified atom stereocenters. The normalized spacial score (nSPS) is 10.8. The molecule has 122 valence electrons. The summed E-state index contributed by atoms with van der Waals surface area (Å²) in [4.78, 5) is 20.8. The first-order chi connectivity index (χ1) is 11.5. The molecule has 2 aromatic heterocycles. The van der Waals surface area contributed by atoms with Crippen LogP contribution in [0.5, 0.6) is 5.88 Å². The van der Waals surface area contributed by atoms with Gasteiger partial charge in [0.1, 0.15) is 17.9 Å². The number of anilines is 2. The van der Waals surface area contributed by atoms with Crippen molar-refractivity contribution in [3.8, 4) is 5.88 Å². The predicted molar refractivity (Wildman–Crippen MR) is 87.3 cm³/mol. The average Bonchev–Trinajstić information content (AvgIpc) is 2.54. The zero-order chi connectivity index (χ0) is 17.3. The highest BCUT2D eigenvalue weighted by Gasteiger charge is 2.18. The highest BCUT2D eigenvalue weighted by atomic mass is 35.5. The first-order valence-electron chi connectivity index (χ1n) is 6.85. The van der Waals surface area contributed by atoms with Crippen molar-refractivity contribution < 1.29 is 19.4 Å². The molecule has 0 aliphatic heterocycles. The monoisotopic (exact) mass is 347 g/mol. The van der Waals surface area contributed by atoms with Crippen molar-refractivity contribution >= 4 is 40.0 Å². The Bertz CT molecular complexity index is 936. The molecule has 0 bridgehead atoms. The smallest absolute Gasteiger partial charge is 0.323 e. The van der Waals surface area contributed by atoms with Crippen molar-refractivity contribution in [3.63, 3.8) is 0 Å². The van der Waals surface area contributed by atoms with Gasteiger partial charge in [-0.3, -0.25) is 9.78 Å². The van der Waals surface area contributed by atoms with Crippen LogP contribution in [0.2, 0.25) is 5.02 Å². The number of pyridine rings is 2. The van der Waals surface area contributed by atoms with Gasteiger partial charge in [0.05, 0.1) is 16.2 Å². The zero-order valence-corrected chi connectivity index (χ0v) is 12.9. The van der Waals surface area contributed by atoms with Gasteiger partial charge in [-0.15, -0.1) is 0 Å². The van der Waals surface area contributed by atoms with Crippen LogP contribution in [0.4, 0.5) is 15.8 Å². The number of aromatic hydroxyl groups is 1. The summed E-state index contributed by atoms with van der Waals surface area (Å²) in [5.41, 5.74) is 1.58. The summed E-state index contributed by atoms with van der Waals surface area (Å²) in [6.07, 6.45) is 1.50. The largest absolute Gasteiger partial charge is 0.493 e. The van der Waals surface area contributed by atoms with Gasteiger partial charge in [0.25, 0.3) is 0 Å². The summed E-state index contributed by atoms with van der Waals surface area (Å²) in [5.74, 6) is -1.92. The van der Waals surface area contributed by atoms with Crippen LogP contribution in [0.1, 0.15) is 0 Å². The summed E-state index contributed by atoms with van der Waals surface area (Å²) in [5, 5.41) is 18.7. The maximum Gasteiger partial charge on any atom is 0.323 e. The third-order valence-electron chi connectivity index (χ3n) is 3.35. The number of halogens is 2. The number of carboxylic acids is 1. The second-order valence-electron chi connectivity index (χ2n) is 4.95. The van der Waals surface area contributed by atoms with Gasteiger partial charge in [-0.25, -0.2) is 9.37 Å². The van der Waals surface area contributed by atoms with E-state index in [4.69, 9.17) is 11.6 Å². The molecule has 1 aromatic carbocycles. The number of aliphatic carboxylic acids is 1. The Morgan fingerprint density at radius 2 is 2.04 bits per heavy atom. The van der Waals surface area contributed by atoms with Crippen LogP contribution in [0.25, 0.3) is 11.0 Å². The minimum absolute atomic E-state index is 0.128. The third kappa shape index (κ3) is 3.07. The predicted octanol–water partition coefficient (Wildman–Crippen LogP) is 3.35. The fourth-order valence-corrected chi connectivity index (χ4v) is 2.50. The molecule has 0 atom stereocenters. The maximum absolute atomic E-state index is 13.4. The van der Waals surface area contributed by atoms with Crippen molar-refractivity contribution in [1.82, 2.24) is 9.97 Å². The lowest BCUT2D eigenvalue weighted by Gasteiger charge is -2.24. The minimum Gasteiger partial charge on any atom is -0.493 e. The number of nitrogens with zero attached hydrogens (tertiary/aromatic N) is 3. The number of aromatic nitrogens is 2. The Kier molecular flexibility index (Phi) is 4.18. The number of hydrogen-bond donors (Lipinski definition) is 2. The Labute approximate surface area is 140 Å². The van der Waals surface area contributed by atoms with Crippen LogP contribution in [-0.2, 0) is 4.79 Å². The van der Waals surface area contributed by atoms with Crippen LogP contribution >= 0.6 is 11.6 Å². The Hall–Kier alpha value is -2.93. The highest BCUT2D eigenvalue weighted by Crippen LogP contribution is 2.33. The maximum atomic E-state index is 13.4. The summed E-state index contributed by atoms with van der Waals surface area (Å²) in [6, 6.07) is 8.41. The van der Waals surface area contributed by atoms with Gasteiger partial charge in [0.15, 0.2) is 0 Å². The SMILES string of the molecule is O=C(O)CN(c1ccc(F)c(Cl)c1)c1ccnc2ccc(O)nc12. The molecule has 0 amide bonds. The molecule has 6 nitrogen and oxygen atoms in total. The van der Waals surface area contributed by atoms with Crippen LogP contribution in [-0.4, -0.2) is 32.7 Å². The summed E-state index contributed by atoms with van der Waals surface area (Å²) >= 11 is 5.81. The van der Waals surface area contributed by atoms with Crippen molar-refractivity contribution in [3.05, 3.63) is 53.4 Å². The van der Waals surface area contributed by atoms with E-state index in [0.29, 0.717) is 22.4 Å². The number of fused-ring (bicyclic) bond motifs is 1. The molecule has 24 heavy (non-hydrogen) atoms. The molecule has 2 N–H and O–H groups in total. The van der Waals surface area contributed by atoms with Crippen LogP contribution in [0.3, 0.4) is 0 Å². The van der Waals surface area contributed by atoms with E-state index in [9.17, 15) is 19.4 Å². The number of carboxylic acid groups (broad SMARTS) is 1. The van der Waals surface area contributed by atoms with Gasteiger partial charge in [-0.05, 0) is 30.3 Å². The van der Waals surface area contributed by atoms with Crippen molar-refractivity contribution in [2.24, 2.45) is 0 Å². The second-order valence-corrected chi connectivity index (χ2v) is 5.35. The topological polar surface area (TPSA) is 86.5 Å². The number of carbonyl (C=O) groups is 1. The number of rotatable bonds is 4. The summed E-state index contributed by atoms with van der Waals surface area (Å²) in [6.45, 7) is -0.404. The van der Waals surface area contributed by atoms with Gasteiger partial charge in [-0.2, -0.15) is 0 Å².